The van der Waals surface area contributed by atoms with Crippen molar-refractivity contribution in [2.45, 2.75) is 19.4 Å². The molecule has 26 heavy (non-hydrogen) atoms. The van der Waals surface area contributed by atoms with Gasteiger partial charge in [-0.25, -0.2) is 8.42 Å². The number of hydrogen-bond acceptors (Lipinski definition) is 6. The molecule has 1 aromatic rings. The van der Waals surface area contributed by atoms with Gasteiger partial charge in [0.2, 0.25) is 5.91 Å². The third kappa shape index (κ3) is 5.32. The second-order valence-corrected chi connectivity index (χ2v) is 8.32. The van der Waals surface area contributed by atoms with Crippen molar-refractivity contribution < 1.29 is 18.0 Å². The van der Waals surface area contributed by atoms with Crippen LogP contribution in [0.4, 0.5) is 11.4 Å². The van der Waals surface area contributed by atoms with Gasteiger partial charge in [-0.3, -0.25) is 9.59 Å². The number of nitriles is 1. The molecule has 1 aliphatic heterocycles. The van der Waals surface area contributed by atoms with Crippen molar-refractivity contribution in [3.05, 3.63) is 36.0 Å². The molecule has 0 aromatic heterocycles. The number of amides is 2. The van der Waals surface area contributed by atoms with Gasteiger partial charge in [0.15, 0.2) is 9.84 Å². The van der Waals surface area contributed by atoms with Gasteiger partial charge in [0.1, 0.15) is 11.6 Å². The van der Waals surface area contributed by atoms with E-state index in [1.54, 1.807) is 36.2 Å². The third-order valence-corrected chi connectivity index (χ3v) is 5.70. The van der Waals surface area contributed by atoms with Gasteiger partial charge >= 0.3 is 0 Å². The molecule has 0 radical (unpaired) electrons. The Morgan fingerprint density at radius 3 is 2.27 bits per heavy atom. The molecule has 1 aromatic carbocycles. The van der Waals surface area contributed by atoms with Crippen molar-refractivity contribution >= 4 is 33.0 Å². The summed E-state index contributed by atoms with van der Waals surface area (Å²) in [5.74, 6) is -0.656. The molecule has 2 N–H and O–H groups in total. The summed E-state index contributed by atoms with van der Waals surface area (Å²) < 4.78 is 23.1. The maximum atomic E-state index is 12.3. The first kappa shape index (κ1) is 19.5. The van der Waals surface area contributed by atoms with Crippen molar-refractivity contribution in [1.82, 2.24) is 4.90 Å². The van der Waals surface area contributed by atoms with Crippen LogP contribution in [0.3, 0.4) is 0 Å². The van der Waals surface area contributed by atoms with Crippen molar-refractivity contribution in [2.75, 3.05) is 29.2 Å². The van der Waals surface area contributed by atoms with E-state index in [9.17, 15) is 23.3 Å². The van der Waals surface area contributed by atoms with E-state index in [1.807, 2.05) is 6.07 Å². The van der Waals surface area contributed by atoms with E-state index >= 15 is 0 Å². The molecule has 1 unspecified atom stereocenters. The SMILES string of the molecule is CC(=O)Nc1ccc(NC(=O)/C(C#N)=C\N(C)C2CCS(=O)(=O)C2)cc1. The summed E-state index contributed by atoms with van der Waals surface area (Å²) in [6.07, 6.45) is 1.84. The molecule has 1 atom stereocenters. The monoisotopic (exact) mass is 376 g/mol. The predicted molar refractivity (Wildman–Crippen MR) is 97.9 cm³/mol. The van der Waals surface area contributed by atoms with E-state index in [-0.39, 0.29) is 29.0 Å². The normalized spacial score (nSPS) is 18.7. The number of rotatable bonds is 5. The van der Waals surface area contributed by atoms with Gasteiger partial charge in [0.25, 0.3) is 5.91 Å². The Morgan fingerprint density at radius 2 is 1.81 bits per heavy atom. The molecule has 2 amide bonds. The predicted octanol–water partition coefficient (Wildman–Crippen LogP) is 1.11. The quantitative estimate of drug-likeness (QED) is 0.587. The number of hydrogen-bond donors (Lipinski definition) is 2. The van der Waals surface area contributed by atoms with Crippen LogP contribution in [-0.2, 0) is 19.4 Å². The zero-order valence-corrected chi connectivity index (χ0v) is 15.3. The first-order valence-corrected chi connectivity index (χ1v) is 9.75. The first-order valence-electron chi connectivity index (χ1n) is 7.93. The molecule has 1 saturated heterocycles. The average molecular weight is 376 g/mol. The van der Waals surface area contributed by atoms with E-state index in [2.05, 4.69) is 10.6 Å². The number of anilines is 2. The van der Waals surface area contributed by atoms with Crippen molar-refractivity contribution in [1.29, 1.82) is 5.26 Å². The second kappa shape index (κ2) is 8.01. The minimum absolute atomic E-state index is 0.0188. The summed E-state index contributed by atoms with van der Waals surface area (Å²) in [7, 11) is -1.40. The molecule has 9 heteroatoms. The summed E-state index contributed by atoms with van der Waals surface area (Å²) in [5, 5.41) is 14.5. The summed E-state index contributed by atoms with van der Waals surface area (Å²) in [6.45, 7) is 1.39. The van der Waals surface area contributed by atoms with Gasteiger partial charge in [-0.15, -0.1) is 0 Å². The molecule has 0 saturated carbocycles. The lowest BCUT2D eigenvalue weighted by molar-refractivity contribution is -0.114. The molecule has 0 spiro atoms. The van der Waals surface area contributed by atoms with Gasteiger partial charge in [0, 0.05) is 37.6 Å². The topological polar surface area (TPSA) is 119 Å². The Morgan fingerprint density at radius 1 is 1.23 bits per heavy atom. The fraction of sp³-hybridized carbons (Fsp3) is 0.353. The van der Waals surface area contributed by atoms with Crippen molar-refractivity contribution in [2.24, 2.45) is 0 Å². The van der Waals surface area contributed by atoms with E-state index in [4.69, 9.17) is 0 Å². The van der Waals surface area contributed by atoms with Crippen molar-refractivity contribution in [3.8, 4) is 6.07 Å². The highest BCUT2D eigenvalue weighted by Gasteiger charge is 2.30. The molecule has 8 nitrogen and oxygen atoms in total. The summed E-state index contributed by atoms with van der Waals surface area (Å²) in [4.78, 5) is 24.9. The van der Waals surface area contributed by atoms with Gasteiger partial charge in [-0.05, 0) is 30.7 Å². The van der Waals surface area contributed by atoms with Crippen LogP contribution in [0.1, 0.15) is 13.3 Å². The minimum Gasteiger partial charge on any atom is -0.375 e. The number of carbonyl (C=O) groups excluding carboxylic acids is 2. The average Bonchev–Trinajstić information content (AvgIpc) is 2.93. The Kier molecular flexibility index (Phi) is 6.00. The Hall–Kier alpha value is -2.86. The Labute approximate surface area is 152 Å². The lowest BCUT2D eigenvalue weighted by Gasteiger charge is -2.21. The van der Waals surface area contributed by atoms with Gasteiger partial charge < -0.3 is 15.5 Å². The molecule has 0 aliphatic carbocycles. The highest BCUT2D eigenvalue weighted by atomic mass is 32.2. The van der Waals surface area contributed by atoms with E-state index in [1.165, 1.54) is 13.1 Å². The van der Waals surface area contributed by atoms with Crippen LogP contribution < -0.4 is 10.6 Å². The van der Waals surface area contributed by atoms with Gasteiger partial charge in [-0.1, -0.05) is 0 Å². The van der Waals surface area contributed by atoms with Crippen LogP contribution in [0.15, 0.2) is 36.0 Å². The van der Waals surface area contributed by atoms with Crippen LogP contribution >= 0.6 is 0 Å². The van der Waals surface area contributed by atoms with Crippen LogP contribution in [-0.4, -0.2) is 49.7 Å². The molecule has 2 rings (SSSR count). The maximum Gasteiger partial charge on any atom is 0.267 e. The molecule has 138 valence electrons. The number of nitrogens with one attached hydrogen (secondary N) is 2. The molecular weight excluding hydrogens is 356 g/mol. The standard InChI is InChI=1S/C17H20N4O4S/c1-12(22)19-14-3-5-15(6-4-14)20-17(23)13(9-18)10-21(2)16-7-8-26(24,25)11-16/h3-6,10,16H,7-8,11H2,1-2H3,(H,19,22)(H,20,23)/b13-10-. The lowest BCUT2D eigenvalue weighted by atomic mass is 10.2. The highest BCUT2D eigenvalue weighted by Crippen LogP contribution is 2.18. The molecule has 1 fully saturated rings. The highest BCUT2D eigenvalue weighted by molar-refractivity contribution is 7.91. The molecule has 0 bridgehead atoms. The maximum absolute atomic E-state index is 12.3. The zero-order chi connectivity index (χ0) is 19.3. The fourth-order valence-electron chi connectivity index (χ4n) is 2.58. The minimum atomic E-state index is -3.05. The van der Waals surface area contributed by atoms with Crippen LogP contribution in [0.25, 0.3) is 0 Å². The smallest absolute Gasteiger partial charge is 0.267 e. The van der Waals surface area contributed by atoms with E-state index in [0.717, 1.165) is 0 Å². The van der Waals surface area contributed by atoms with Gasteiger partial charge in [0.05, 0.1) is 11.5 Å². The summed E-state index contributed by atoms with van der Waals surface area (Å²) in [5.41, 5.74) is 0.938. The van der Waals surface area contributed by atoms with E-state index < -0.39 is 15.7 Å². The molecular formula is C17H20N4O4S. The van der Waals surface area contributed by atoms with Crippen LogP contribution in [0.5, 0.6) is 0 Å². The van der Waals surface area contributed by atoms with Gasteiger partial charge in [-0.2, -0.15) is 5.26 Å². The van der Waals surface area contributed by atoms with Crippen LogP contribution in [0, 0.1) is 11.3 Å². The number of sulfone groups is 1. The molecule has 1 aliphatic rings. The largest absolute Gasteiger partial charge is 0.375 e. The Bertz CT molecular complexity index is 869. The zero-order valence-electron chi connectivity index (χ0n) is 14.5. The summed E-state index contributed by atoms with van der Waals surface area (Å²) >= 11 is 0. The van der Waals surface area contributed by atoms with Crippen molar-refractivity contribution in [3.63, 3.8) is 0 Å². The number of carbonyl (C=O) groups is 2. The van der Waals surface area contributed by atoms with Crippen LogP contribution in [0.2, 0.25) is 0 Å². The Balaban J connectivity index is 2.04. The lowest BCUT2D eigenvalue weighted by Crippen LogP contribution is -2.29. The first-order chi connectivity index (χ1) is 12.2. The summed E-state index contributed by atoms with van der Waals surface area (Å²) in [6, 6.07) is 8.05. The molecule has 1 heterocycles. The third-order valence-electron chi connectivity index (χ3n) is 3.95. The fourth-order valence-corrected chi connectivity index (χ4v) is 4.37. The number of benzene rings is 1. The number of nitrogens with zero attached hydrogens (tertiary/aromatic N) is 2. The second-order valence-electron chi connectivity index (χ2n) is 6.09. The van der Waals surface area contributed by atoms with E-state index in [0.29, 0.717) is 17.8 Å².